The zero-order valence-electron chi connectivity index (χ0n) is 14.8. The van der Waals surface area contributed by atoms with Gasteiger partial charge in [-0.2, -0.15) is 0 Å². The minimum atomic E-state index is 0.315. The summed E-state index contributed by atoms with van der Waals surface area (Å²) in [6.07, 6.45) is 17.0. The van der Waals surface area contributed by atoms with Gasteiger partial charge in [-0.1, -0.05) is 52.4 Å². The molecule has 2 fully saturated rings. The van der Waals surface area contributed by atoms with Crippen LogP contribution in [0.1, 0.15) is 90.9 Å². The van der Waals surface area contributed by atoms with Crippen molar-refractivity contribution in [1.29, 1.82) is 10.8 Å². The molecule has 22 heavy (non-hydrogen) atoms. The van der Waals surface area contributed by atoms with E-state index in [-0.39, 0.29) is 0 Å². The fourth-order valence-electron chi connectivity index (χ4n) is 5.29. The van der Waals surface area contributed by atoms with Crippen molar-refractivity contribution in [1.82, 2.24) is 0 Å². The summed E-state index contributed by atoms with van der Waals surface area (Å²) >= 11 is 0. The van der Waals surface area contributed by atoms with E-state index in [2.05, 4.69) is 13.8 Å². The Balaban J connectivity index is 2.05. The highest BCUT2D eigenvalue weighted by molar-refractivity contribution is 5.86. The van der Waals surface area contributed by atoms with Crippen molar-refractivity contribution in [3.63, 3.8) is 0 Å². The lowest BCUT2D eigenvalue weighted by molar-refractivity contribution is 0.105. The maximum absolute atomic E-state index is 8.69. The average Bonchev–Trinajstić information content (AvgIpc) is 2.55. The number of hydrogen-bond acceptors (Lipinski definition) is 2. The molecule has 0 aromatic rings. The Labute approximate surface area is 137 Å². The summed E-state index contributed by atoms with van der Waals surface area (Å²) in [5.74, 6) is 1.43. The number of rotatable bonds is 7. The van der Waals surface area contributed by atoms with Crippen LogP contribution in [0.4, 0.5) is 0 Å². The lowest BCUT2D eigenvalue weighted by Crippen LogP contribution is -2.38. The molecule has 0 heterocycles. The molecule has 0 saturated heterocycles. The van der Waals surface area contributed by atoms with E-state index in [0.29, 0.717) is 23.2 Å². The molecule has 3 atom stereocenters. The van der Waals surface area contributed by atoms with Gasteiger partial charge in [-0.05, 0) is 67.9 Å². The largest absolute Gasteiger partial charge is 0.313 e. The van der Waals surface area contributed by atoms with Gasteiger partial charge in [0.05, 0.1) is 0 Å². The first-order valence-electron chi connectivity index (χ1n) is 9.72. The van der Waals surface area contributed by atoms with Crippen LogP contribution < -0.4 is 0 Å². The lowest BCUT2D eigenvalue weighted by Gasteiger charge is -2.45. The smallest absolute Gasteiger partial charge is 0.0148 e. The van der Waals surface area contributed by atoms with Gasteiger partial charge in [-0.15, -0.1) is 0 Å². The molecule has 2 saturated carbocycles. The number of nitrogens with one attached hydrogen (secondary N) is 2. The van der Waals surface area contributed by atoms with Crippen LogP contribution in [0, 0.1) is 34.0 Å². The zero-order chi connectivity index (χ0) is 16.0. The summed E-state index contributed by atoms with van der Waals surface area (Å²) in [4.78, 5) is 0. The van der Waals surface area contributed by atoms with Crippen LogP contribution >= 0.6 is 0 Å². The molecule has 126 valence electrons. The third-order valence-corrected chi connectivity index (χ3v) is 6.46. The molecule has 2 N–H and O–H groups in total. The molecule has 0 aromatic heterocycles. The fraction of sp³-hybridized carbons (Fsp3) is 0.900. The van der Waals surface area contributed by atoms with Crippen LogP contribution in [0.5, 0.6) is 0 Å². The van der Waals surface area contributed by atoms with Gasteiger partial charge in [0.1, 0.15) is 0 Å². The summed E-state index contributed by atoms with van der Waals surface area (Å²) < 4.78 is 0. The lowest BCUT2D eigenvalue weighted by atomic mass is 9.60. The minimum absolute atomic E-state index is 0.315. The van der Waals surface area contributed by atoms with Crippen LogP contribution in [0.2, 0.25) is 0 Å². The van der Waals surface area contributed by atoms with Gasteiger partial charge in [-0.25, -0.2) is 0 Å². The molecule has 2 nitrogen and oxygen atoms in total. The first-order chi connectivity index (χ1) is 10.6. The maximum Gasteiger partial charge on any atom is 0.0148 e. The molecule has 0 amide bonds. The normalized spacial score (nSPS) is 31.6. The molecule has 2 heteroatoms. The summed E-state index contributed by atoms with van der Waals surface area (Å²) in [5, 5.41) is 16.6. The Morgan fingerprint density at radius 1 is 1.14 bits per heavy atom. The average molecular weight is 305 g/mol. The predicted octanol–water partition coefficient (Wildman–Crippen LogP) is 6.24. The topological polar surface area (TPSA) is 47.7 Å². The predicted molar refractivity (Wildman–Crippen MR) is 96.2 cm³/mol. The highest BCUT2D eigenvalue weighted by atomic mass is 14.5. The highest BCUT2D eigenvalue weighted by Gasteiger charge is 2.40. The van der Waals surface area contributed by atoms with E-state index in [4.69, 9.17) is 10.8 Å². The van der Waals surface area contributed by atoms with Gasteiger partial charge in [0.15, 0.2) is 0 Å². The molecule has 2 aliphatic carbocycles. The highest BCUT2D eigenvalue weighted by Crippen LogP contribution is 2.49. The summed E-state index contributed by atoms with van der Waals surface area (Å²) in [5.41, 5.74) is 1.35. The van der Waals surface area contributed by atoms with E-state index in [9.17, 15) is 0 Å². The molecule has 0 radical (unpaired) electrons. The van der Waals surface area contributed by atoms with Crippen molar-refractivity contribution in [2.24, 2.45) is 23.2 Å². The van der Waals surface area contributed by atoms with Gasteiger partial charge in [-0.3, -0.25) is 0 Å². The third kappa shape index (κ3) is 4.00. The van der Waals surface area contributed by atoms with E-state index in [0.717, 1.165) is 12.1 Å². The standard InChI is InChI=1S/C20H36N2/c1-3-12-20(13-8-7-11-18(20)15-21)14-16(2)19(22)17-9-5-4-6-10-17/h15-18,21-22H,3-14H2,1-2H3. The Morgan fingerprint density at radius 3 is 2.45 bits per heavy atom. The molecule has 0 spiro atoms. The van der Waals surface area contributed by atoms with E-state index < -0.39 is 0 Å². The molecule has 2 aliphatic rings. The molecular weight excluding hydrogens is 268 g/mol. The van der Waals surface area contributed by atoms with Gasteiger partial charge < -0.3 is 10.8 Å². The maximum atomic E-state index is 8.69. The van der Waals surface area contributed by atoms with Crippen molar-refractivity contribution in [3.05, 3.63) is 0 Å². The monoisotopic (exact) mass is 304 g/mol. The van der Waals surface area contributed by atoms with Crippen molar-refractivity contribution in [3.8, 4) is 0 Å². The van der Waals surface area contributed by atoms with Crippen LogP contribution in [-0.2, 0) is 0 Å². The molecule has 0 aromatic carbocycles. The molecule has 0 bridgehead atoms. The summed E-state index contributed by atoms with van der Waals surface area (Å²) in [6.45, 7) is 4.58. The zero-order valence-corrected chi connectivity index (χ0v) is 14.8. The van der Waals surface area contributed by atoms with E-state index in [1.165, 1.54) is 70.6 Å². The Bertz CT molecular complexity index is 366. The van der Waals surface area contributed by atoms with Crippen LogP contribution in [0.15, 0.2) is 0 Å². The Morgan fingerprint density at radius 2 is 1.82 bits per heavy atom. The second-order valence-electron chi connectivity index (χ2n) is 8.03. The molecule has 2 rings (SSSR count). The quantitative estimate of drug-likeness (QED) is 0.523. The van der Waals surface area contributed by atoms with Crippen molar-refractivity contribution >= 4 is 11.9 Å². The van der Waals surface area contributed by atoms with Crippen LogP contribution in [-0.4, -0.2) is 11.9 Å². The SMILES string of the molecule is CCCC1(CC(C)C(=N)C2CCCCC2)CCCCC1C=N. The molecule has 3 unspecified atom stereocenters. The summed E-state index contributed by atoms with van der Waals surface area (Å²) in [7, 11) is 0. The Kier molecular flexibility index (Phi) is 6.65. The molecular formula is C20H36N2. The Hall–Kier alpha value is -0.660. The van der Waals surface area contributed by atoms with Gasteiger partial charge in [0, 0.05) is 5.71 Å². The van der Waals surface area contributed by atoms with Crippen molar-refractivity contribution < 1.29 is 0 Å². The minimum Gasteiger partial charge on any atom is -0.313 e. The second kappa shape index (κ2) is 8.26. The van der Waals surface area contributed by atoms with E-state index in [1.807, 2.05) is 0 Å². The first-order valence-corrected chi connectivity index (χ1v) is 9.72. The summed E-state index contributed by atoms with van der Waals surface area (Å²) in [6, 6.07) is 0. The van der Waals surface area contributed by atoms with E-state index in [1.54, 1.807) is 6.21 Å². The van der Waals surface area contributed by atoms with Gasteiger partial charge in [0.2, 0.25) is 0 Å². The first kappa shape index (κ1) is 17.7. The van der Waals surface area contributed by atoms with Crippen LogP contribution in [0.3, 0.4) is 0 Å². The van der Waals surface area contributed by atoms with Gasteiger partial charge >= 0.3 is 0 Å². The second-order valence-corrected chi connectivity index (χ2v) is 8.03. The van der Waals surface area contributed by atoms with E-state index >= 15 is 0 Å². The number of hydrogen-bond donors (Lipinski definition) is 2. The molecule has 0 aliphatic heterocycles. The van der Waals surface area contributed by atoms with Crippen molar-refractivity contribution in [2.75, 3.05) is 0 Å². The van der Waals surface area contributed by atoms with Gasteiger partial charge in [0.25, 0.3) is 0 Å². The third-order valence-electron chi connectivity index (χ3n) is 6.46. The van der Waals surface area contributed by atoms with Crippen LogP contribution in [0.25, 0.3) is 0 Å². The van der Waals surface area contributed by atoms with Crippen molar-refractivity contribution in [2.45, 2.75) is 90.9 Å². The fourth-order valence-corrected chi connectivity index (χ4v) is 5.29.